The van der Waals surface area contributed by atoms with Crippen LogP contribution in [0.3, 0.4) is 0 Å². The lowest BCUT2D eigenvalue weighted by Gasteiger charge is -2.25. The van der Waals surface area contributed by atoms with E-state index in [9.17, 15) is 14.0 Å². The van der Waals surface area contributed by atoms with E-state index < -0.39 is 5.82 Å². The van der Waals surface area contributed by atoms with Crippen LogP contribution in [-0.2, 0) is 9.59 Å². The highest BCUT2D eigenvalue weighted by Gasteiger charge is 2.25. The summed E-state index contributed by atoms with van der Waals surface area (Å²) in [5.74, 6) is -0.738. The van der Waals surface area contributed by atoms with Crippen molar-refractivity contribution in [3.05, 3.63) is 54.3 Å². The molecule has 0 spiro atoms. The fourth-order valence-corrected chi connectivity index (χ4v) is 4.24. The molecule has 0 saturated carbocycles. The van der Waals surface area contributed by atoms with Crippen molar-refractivity contribution in [3.8, 4) is 0 Å². The third kappa shape index (κ3) is 5.33. The van der Waals surface area contributed by atoms with Crippen LogP contribution in [0.15, 0.2) is 53.4 Å². The maximum absolute atomic E-state index is 13.2. The first kappa shape index (κ1) is 20.4. The normalized spacial score (nSPS) is 16.4. The van der Waals surface area contributed by atoms with Crippen LogP contribution in [0.1, 0.15) is 13.3 Å². The molecule has 0 aliphatic carbocycles. The summed E-state index contributed by atoms with van der Waals surface area (Å²) in [5, 5.41) is 3.09. The third-order valence-corrected chi connectivity index (χ3v) is 5.71. The van der Waals surface area contributed by atoms with Crippen LogP contribution in [0.5, 0.6) is 0 Å². The molecule has 1 aliphatic rings. The van der Waals surface area contributed by atoms with Crippen molar-refractivity contribution in [1.82, 2.24) is 4.90 Å². The number of benzene rings is 2. The largest absolute Gasteiger partial charge is 0.325 e. The number of hydrogen-bond acceptors (Lipinski definition) is 4. The molecule has 0 aromatic heterocycles. The molecule has 2 amide bonds. The second-order valence-electron chi connectivity index (χ2n) is 6.96. The molecule has 2 aromatic rings. The SMILES string of the molecule is C[C@@H]1CCN(C(=O)CN(C)CC(=O)Nc2cccc(F)c2)c2ccccc2S1. The summed E-state index contributed by atoms with van der Waals surface area (Å²) in [7, 11) is 1.73. The van der Waals surface area contributed by atoms with Gasteiger partial charge in [0.1, 0.15) is 5.82 Å². The van der Waals surface area contributed by atoms with Crippen LogP contribution in [0.4, 0.5) is 15.8 Å². The Labute approximate surface area is 168 Å². The van der Waals surface area contributed by atoms with Gasteiger partial charge in [0.25, 0.3) is 0 Å². The lowest BCUT2D eigenvalue weighted by molar-refractivity contribution is -0.121. The Morgan fingerprint density at radius 2 is 2.00 bits per heavy atom. The van der Waals surface area contributed by atoms with Gasteiger partial charge >= 0.3 is 0 Å². The maximum Gasteiger partial charge on any atom is 0.241 e. The van der Waals surface area contributed by atoms with Gasteiger partial charge in [-0.3, -0.25) is 14.5 Å². The maximum atomic E-state index is 13.2. The van der Waals surface area contributed by atoms with Crippen molar-refractivity contribution >= 4 is 35.0 Å². The summed E-state index contributed by atoms with van der Waals surface area (Å²) in [5.41, 5.74) is 1.33. The van der Waals surface area contributed by atoms with Gasteiger partial charge in [-0.25, -0.2) is 4.39 Å². The van der Waals surface area contributed by atoms with Crippen molar-refractivity contribution < 1.29 is 14.0 Å². The molecule has 3 rings (SSSR count). The lowest BCUT2D eigenvalue weighted by atomic mass is 10.2. The number of carbonyl (C=O) groups is 2. The van der Waals surface area contributed by atoms with Crippen molar-refractivity contribution in [1.29, 1.82) is 0 Å². The zero-order valence-corrected chi connectivity index (χ0v) is 16.8. The number of halogens is 1. The van der Waals surface area contributed by atoms with E-state index in [2.05, 4.69) is 12.2 Å². The third-order valence-electron chi connectivity index (χ3n) is 4.47. The number of nitrogens with zero attached hydrogens (tertiary/aromatic N) is 2. The van der Waals surface area contributed by atoms with Gasteiger partial charge in [0.2, 0.25) is 11.8 Å². The zero-order chi connectivity index (χ0) is 20.1. The molecule has 0 unspecified atom stereocenters. The van der Waals surface area contributed by atoms with Crippen molar-refractivity contribution in [2.75, 3.05) is 36.9 Å². The molecular formula is C21H24FN3O2S. The molecule has 2 aromatic carbocycles. The molecule has 0 radical (unpaired) electrons. The molecule has 1 aliphatic heterocycles. The number of fused-ring (bicyclic) bond motifs is 1. The first-order chi connectivity index (χ1) is 13.4. The topological polar surface area (TPSA) is 52.7 Å². The highest BCUT2D eigenvalue weighted by Crippen LogP contribution is 2.37. The van der Waals surface area contributed by atoms with Gasteiger partial charge in [-0.05, 0) is 43.8 Å². The first-order valence-corrected chi connectivity index (χ1v) is 10.1. The second-order valence-corrected chi connectivity index (χ2v) is 8.44. The quantitative estimate of drug-likeness (QED) is 0.832. The van der Waals surface area contributed by atoms with Crippen LogP contribution in [-0.4, -0.2) is 48.6 Å². The molecular weight excluding hydrogens is 377 g/mol. The number of amides is 2. The highest BCUT2D eigenvalue weighted by molar-refractivity contribution is 8.00. The summed E-state index contributed by atoms with van der Waals surface area (Å²) in [6.45, 7) is 3.00. The summed E-state index contributed by atoms with van der Waals surface area (Å²) in [6.07, 6.45) is 0.912. The number of para-hydroxylation sites is 1. The monoisotopic (exact) mass is 401 g/mol. The molecule has 5 nitrogen and oxygen atoms in total. The smallest absolute Gasteiger partial charge is 0.241 e. The lowest BCUT2D eigenvalue weighted by Crippen LogP contribution is -2.42. The molecule has 28 heavy (non-hydrogen) atoms. The summed E-state index contributed by atoms with van der Waals surface area (Å²) in [4.78, 5) is 29.7. The van der Waals surface area contributed by atoms with E-state index in [1.54, 1.807) is 29.8 Å². The molecule has 0 saturated heterocycles. The van der Waals surface area contributed by atoms with Crippen LogP contribution in [0, 0.1) is 5.82 Å². The van der Waals surface area contributed by atoms with E-state index in [4.69, 9.17) is 0 Å². The standard InChI is InChI=1S/C21H24FN3O2S/c1-15-10-11-25(18-8-3-4-9-19(18)28-15)21(27)14-24(2)13-20(26)23-17-7-5-6-16(22)12-17/h3-9,12,15H,10-11,13-14H2,1-2H3,(H,23,26)/t15-/m1/s1. The van der Waals surface area contributed by atoms with Crippen LogP contribution >= 0.6 is 11.8 Å². The van der Waals surface area contributed by atoms with E-state index in [0.29, 0.717) is 17.5 Å². The number of rotatable bonds is 5. The Morgan fingerprint density at radius 3 is 2.79 bits per heavy atom. The average Bonchev–Trinajstić information content (AvgIpc) is 2.79. The van der Waals surface area contributed by atoms with Gasteiger partial charge in [0, 0.05) is 22.4 Å². The van der Waals surface area contributed by atoms with Gasteiger partial charge in [0.15, 0.2) is 0 Å². The molecule has 0 fully saturated rings. The molecule has 1 atom stereocenters. The minimum absolute atomic E-state index is 0.0387. The molecule has 1 heterocycles. The van der Waals surface area contributed by atoms with Gasteiger partial charge in [-0.15, -0.1) is 11.8 Å². The zero-order valence-electron chi connectivity index (χ0n) is 16.0. The van der Waals surface area contributed by atoms with Gasteiger partial charge < -0.3 is 10.2 Å². The Balaban J connectivity index is 1.60. The number of likely N-dealkylation sites (N-methyl/N-ethyl adjacent to an activating group) is 1. The van der Waals surface area contributed by atoms with Crippen molar-refractivity contribution in [2.45, 2.75) is 23.5 Å². The Hall–Kier alpha value is -2.38. The summed E-state index contributed by atoms with van der Waals surface area (Å²) < 4.78 is 13.2. The summed E-state index contributed by atoms with van der Waals surface area (Å²) >= 11 is 1.78. The number of hydrogen-bond donors (Lipinski definition) is 1. The van der Waals surface area contributed by atoms with Crippen molar-refractivity contribution in [3.63, 3.8) is 0 Å². The Kier molecular flexibility index (Phi) is 6.70. The first-order valence-electron chi connectivity index (χ1n) is 9.22. The van der Waals surface area contributed by atoms with Gasteiger partial charge in [0.05, 0.1) is 18.8 Å². The van der Waals surface area contributed by atoms with Gasteiger partial charge in [-0.2, -0.15) is 0 Å². The van der Waals surface area contributed by atoms with E-state index in [0.717, 1.165) is 17.0 Å². The summed E-state index contributed by atoms with van der Waals surface area (Å²) in [6, 6.07) is 13.7. The fourth-order valence-electron chi connectivity index (χ4n) is 3.13. The highest BCUT2D eigenvalue weighted by atomic mass is 32.2. The van der Waals surface area contributed by atoms with Crippen molar-refractivity contribution in [2.24, 2.45) is 0 Å². The fraction of sp³-hybridized carbons (Fsp3) is 0.333. The molecule has 1 N–H and O–H groups in total. The average molecular weight is 402 g/mol. The molecule has 0 bridgehead atoms. The number of thioether (sulfide) groups is 1. The predicted octanol–water partition coefficient (Wildman–Crippen LogP) is 3.61. The predicted molar refractivity (Wildman–Crippen MR) is 111 cm³/mol. The van der Waals surface area contributed by atoms with Crippen LogP contribution in [0.2, 0.25) is 0 Å². The minimum Gasteiger partial charge on any atom is -0.325 e. The Bertz CT molecular complexity index is 861. The van der Waals surface area contributed by atoms with E-state index in [1.807, 2.05) is 29.2 Å². The number of carbonyl (C=O) groups excluding carboxylic acids is 2. The minimum atomic E-state index is -0.409. The molecule has 7 heteroatoms. The van der Waals surface area contributed by atoms with Crippen LogP contribution in [0.25, 0.3) is 0 Å². The number of nitrogens with one attached hydrogen (secondary N) is 1. The Morgan fingerprint density at radius 1 is 1.21 bits per heavy atom. The van der Waals surface area contributed by atoms with Crippen LogP contribution < -0.4 is 10.2 Å². The van der Waals surface area contributed by atoms with E-state index >= 15 is 0 Å². The van der Waals surface area contributed by atoms with E-state index in [1.165, 1.54) is 18.2 Å². The molecule has 148 valence electrons. The van der Waals surface area contributed by atoms with Gasteiger partial charge in [-0.1, -0.05) is 25.1 Å². The number of anilines is 2. The van der Waals surface area contributed by atoms with E-state index in [-0.39, 0.29) is 24.9 Å². The second kappa shape index (κ2) is 9.21.